The van der Waals surface area contributed by atoms with Crippen molar-refractivity contribution >= 4 is 39.1 Å². The predicted molar refractivity (Wildman–Crippen MR) is 98.6 cm³/mol. The van der Waals surface area contributed by atoms with Crippen LogP contribution >= 0.6 is 0 Å². The predicted octanol–water partition coefficient (Wildman–Crippen LogP) is 3.01. The summed E-state index contributed by atoms with van der Waals surface area (Å²) in [4.78, 5) is 22.4. The zero-order valence-corrected chi connectivity index (χ0v) is 15.1. The van der Waals surface area contributed by atoms with Crippen LogP contribution in [-0.4, -0.2) is 27.0 Å². The molecule has 0 saturated carbocycles. The molecule has 0 aromatic heterocycles. The lowest BCUT2D eigenvalue weighted by atomic mass is 10.3. The fourth-order valence-electron chi connectivity index (χ4n) is 2.04. The molecule has 9 heteroatoms. The molecule has 26 heavy (non-hydrogen) atoms. The van der Waals surface area contributed by atoms with E-state index in [9.17, 15) is 18.0 Å². The molecular formula is C17H19N3O5S. The first-order valence-electron chi connectivity index (χ1n) is 7.74. The van der Waals surface area contributed by atoms with Crippen LogP contribution in [0.3, 0.4) is 0 Å². The van der Waals surface area contributed by atoms with E-state index in [1.54, 1.807) is 31.2 Å². The lowest BCUT2D eigenvalue weighted by Gasteiger charge is -2.10. The minimum Gasteiger partial charge on any atom is -0.450 e. The summed E-state index contributed by atoms with van der Waals surface area (Å²) in [6, 6.07) is 11.9. The molecule has 0 aliphatic carbocycles. The smallest absolute Gasteiger partial charge is 0.411 e. The molecule has 2 amide bonds. The van der Waals surface area contributed by atoms with Crippen LogP contribution in [0.25, 0.3) is 0 Å². The van der Waals surface area contributed by atoms with E-state index in [0.717, 1.165) is 0 Å². The van der Waals surface area contributed by atoms with Crippen molar-refractivity contribution in [2.24, 2.45) is 0 Å². The van der Waals surface area contributed by atoms with E-state index in [1.165, 1.54) is 31.2 Å². The van der Waals surface area contributed by atoms with Crippen LogP contribution in [0.15, 0.2) is 53.4 Å². The first-order chi connectivity index (χ1) is 12.3. The third-order valence-corrected chi connectivity index (χ3v) is 4.54. The van der Waals surface area contributed by atoms with Crippen LogP contribution in [0.1, 0.15) is 13.8 Å². The number of rotatable bonds is 6. The maximum absolute atomic E-state index is 12.4. The Morgan fingerprint density at radius 2 is 1.38 bits per heavy atom. The highest BCUT2D eigenvalue weighted by molar-refractivity contribution is 7.92. The second kappa shape index (κ2) is 8.34. The van der Waals surface area contributed by atoms with Gasteiger partial charge >= 0.3 is 6.09 Å². The molecule has 3 N–H and O–H groups in total. The Bertz CT molecular complexity index is 878. The van der Waals surface area contributed by atoms with Crippen LogP contribution in [0.5, 0.6) is 0 Å². The molecule has 0 aliphatic heterocycles. The van der Waals surface area contributed by atoms with Gasteiger partial charge in [0.15, 0.2) is 0 Å². The van der Waals surface area contributed by atoms with Gasteiger partial charge in [0, 0.05) is 24.0 Å². The van der Waals surface area contributed by atoms with Crippen molar-refractivity contribution in [3.8, 4) is 0 Å². The van der Waals surface area contributed by atoms with Crippen molar-refractivity contribution in [2.75, 3.05) is 22.0 Å². The molecule has 0 heterocycles. The summed E-state index contributed by atoms with van der Waals surface area (Å²) in [6.07, 6.45) is -0.611. The van der Waals surface area contributed by atoms with Crippen molar-refractivity contribution in [2.45, 2.75) is 18.7 Å². The maximum atomic E-state index is 12.4. The van der Waals surface area contributed by atoms with Crippen molar-refractivity contribution < 1.29 is 22.7 Å². The van der Waals surface area contributed by atoms with Gasteiger partial charge in [-0.15, -0.1) is 0 Å². The topological polar surface area (TPSA) is 114 Å². The van der Waals surface area contributed by atoms with Crippen molar-refractivity contribution in [1.82, 2.24) is 0 Å². The van der Waals surface area contributed by atoms with E-state index < -0.39 is 16.1 Å². The standard InChI is InChI=1S/C17H19N3O5S/c1-3-25-17(22)19-14-8-10-16(11-9-14)26(23,24)20-15-6-4-13(5-7-15)18-12(2)21/h4-11,20H,3H2,1-2H3,(H,18,21)(H,19,22). The Hall–Kier alpha value is -3.07. The summed E-state index contributed by atoms with van der Waals surface area (Å²) in [7, 11) is -3.79. The average molecular weight is 377 g/mol. The Labute approximate surface area is 151 Å². The van der Waals surface area contributed by atoms with Gasteiger partial charge in [-0.25, -0.2) is 13.2 Å². The number of hydrogen-bond acceptors (Lipinski definition) is 5. The van der Waals surface area contributed by atoms with Crippen molar-refractivity contribution in [1.29, 1.82) is 0 Å². The van der Waals surface area contributed by atoms with E-state index in [-0.39, 0.29) is 17.4 Å². The number of ether oxygens (including phenoxy) is 1. The molecule has 2 rings (SSSR count). The van der Waals surface area contributed by atoms with E-state index >= 15 is 0 Å². The van der Waals surface area contributed by atoms with Gasteiger partial charge in [-0.2, -0.15) is 0 Å². The number of anilines is 3. The third-order valence-electron chi connectivity index (χ3n) is 3.14. The van der Waals surface area contributed by atoms with Gasteiger partial charge in [0.25, 0.3) is 10.0 Å². The number of carbonyl (C=O) groups excluding carboxylic acids is 2. The molecule has 2 aromatic rings. The summed E-state index contributed by atoms with van der Waals surface area (Å²) in [6.45, 7) is 3.31. The van der Waals surface area contributed by atoms with Crippen LogP contribution < -0.4 is 15.4 Å². The molecule has 0 fully saturated rings. The number of sulfonamides is 1. The number of hydrogen-bond donors (Lipinski definition) is 3. The molecule has 0 bridgehead atoms. The zero-order chi connectivity index (χ0) is 19.2. The highest BCUT2D eigenvalue weighted by atomic mass is 32.2. The van der Waals surface area contributed by atoms with Crippen LogP contribution in [0.2, 0.25) is 0 Å². The quantitative estimate of drug-likeness (QED) is 0.716. The van der Waals surface area contributed by atoms with Gasteiger partial charge in [-0.1, -0.05) is 0 Å². The van der Waals surface area contributed by atoms with Crippen LogP contribution in [-0.2, 0) is 19.6 Å². The fraction of sp³-hybridized carbons (Fsp3) is 0.176. The first-order valence-corrected chi connectivity index (χ1v) is 9.23. The summed E-state index contributed by atoms with van der Waals surface area (Å²) in [5.41, 5.74) is 1.34. The Morgan fingerprint density at radius 3 is 1.92 bits per heavy atom. The average Bonchev–Trinajstić information content (AvgIpc) is 2.56. The zero-order valence-electron chi connectivity index (χ0n) is 14.3. The Balaban J connectivity index is 2.07. The van der Waals surface area contributed by atoms with E-state index in [2.05, 4.69) is 15.4 Å². The van der Waals surface area contributed by atoms with E-state index in [4.69, 9.17) is 4.74 Å². The Kier molecular flexibility index (Phi) is 6.18. The highest BCUT2D eigenvalue weighted by Gasteiger charge is 2.14. The number of carbonyl (C=O) groups is 2. The molecule has 0 aliphatic rings. The largest absolute Gasteiger partial charge is 0.450 e. The first kappa shape index (κ1) is 19.3. The number of benzene rings is 2. The SMILES string of the molecule is CCOC(=O)Nc1ccc(S(=O)(=O)Nc2ccc(NC(C)=O)cc2)cc1. The van der Waals surface area contributed by atoms with Crippen LogP contribution in [0, 0.1) is 0 Å². The molecule has 0 saturated heterocycles. The number of nitrogens with one attached hydrogen (secondary N) is 3. The second-order valence-electron chi connectivity index (χ2n) is 5.23. The minimum absolute atomic E-state index is 0.0397. The minimum atomic E-state index is -3.79. The van der Waals surface area contributed by atoms with Gasteiger partial charge in [0.2, 0.25) is 5.91 Å². The van der Waals surface area contributed by atoms with Gasteiger partial charge in [-0.05, 0) is 55.5 Å². The molecule has 0 atom stereocenters. The molecule has 0 spiro atoms. The molecule has 0 radical (unpaired) electrons. The Morgan fingerprint density at radius 1 is 0.885 bits per heavy atom. The normalized spacial score (nSPS) is 10.7. The van der Waals surface area contributed by atoms with Crippen molar-refractivity contribution in [3.05, 3.63) is 48.5 Å². The van der Waals surface area contributed by atoms with E-state index in [1.807, 2.05) is 0 Å². The molecule has 138 valence electrons. The lowest BCUT2D eigenvalue weighted by Crippen LogP contribution is -2.15. The second-order valence-corrected chi connectivity index (χ2v) is 6.92. The summed E-state index contributed by atoms with van der Waals surface area (Å²) < 4.78 is 32.0. The third kappa shape index (κ3) is 5.49. The molecule has 2 aromatic carbocycles. The van der Waals surface area contributed by atoms with Gasteiger partial charge in [-0.3, -0.25) is 14.8 Å². The summed E-state index contributed by atoms with van der Waals surface area (Å²) in [5.74, 6) is -0.213. The monoisotopic (exact) mass is 377 g/mol. The van der Waals surface area contributed by atoms with Crippen LogP contribution in [0.4, 0.5) is 21.9 Å². The molecule has 8 nitrogen and oxygen atoms in total. The van der Waals surface area contributed by atoms with Gasteiger partial charge in [0.1, 0.15) is 0 Å². The molecular weight excluding hydrogens is 358 g/mol. The maximum Gasteiger partial charge on any atom is 0.411 e. The van der Waals surface area contributed by atoms with Gasteiger partial charge < -0.3 is 10.1 Å². The lowest BCUT2D eigenvalue weighted by molar-refractivity contribution is -0.114. The number of amides is 2. The van der Waals surface area contributed by atoms with Gasteiger partial charge in [0.05, 0.1) is 11.5 Å². The fourth-order valence-corrected chi connectivity index (χ4v) is 3.10. The van der Waals surface area contributed by atoms with E-state index in [0.29, 0.717) is 17.1 Å². The molecule has 0 unspecified atom stereocenters. The highest BCUT2D eigenvalue weighted by Crippen LogP contribution is 2.20. The summed E-state index contributed by atoms with van der Waals surface area (Å²) in [5, 5.41) is 5.08. The summed E-state index contributed by atoms with van der Waals surface area (Å²) >= 11 is 0. The van der Waals surface area contributed by atoms with Crippen molar-refractivity contribution in [3.63, 3.8) is 0 Å².